The Balaban J connectivity index is 2.01. The minimum atomic E-state index is -0.267. The third kappa shape index (κ3) is 2.58. The monoisotopic (exact) mass is 297 g/mol. The highest BCUT2D eigenvalue weighted by molar-refractivity contribution is 6.34. The lowest BCUT2D eigenvalue weighted by Gasteiger charge is -2.10. The Morgan fingerprint density at radius 2 is 2.05 bits per heavy atom. The fourth-order valence-corrected chi connectivity index (χ4v) is 2.38. The molecule has 5 heteroatoms. The molecule has 0 unspecified atom stereocenters. The van der Waals surface area contributed by atoms with E-state index in [9.17, 15) is 4.79 Å². The fourth-order valence-electron chi connectivity index (χ4n) is 2.17. The number of fused-ring (bicyclic) bond motifs is 1. The van der Waals surface area contributed by atoms with E-state index in [1.165, 1.54) is 12.4 Å². The zero-order chi connectivity index (χ0) is 14.8. The van der Waals surface area contributed by atoms with Crippen LogP contribution in [0.25, 0.3) is 10.9 Å². The molecule has 3 rings (SSSR count). The van der Waals surface area contributed by atoms with Gasteiger partial charge in [-0.15, -0.1) is 0 Å². The molecule has 0 aliphatic heterocycles. The van der Waals surface area contributed by atoms with Gasteiger partial charge < -0.3 is 5.32 Å². The van der Waals surface area contributed by atoms with Gasteiger partial charge in [0, 0.05) is 24.0 Å². The van der Waals surface area contributed by atoms with Crippen LogP contribution in [-0.4, -0.2) is 15.9 Å². The topological polar surface area (TPSA) is 54.9 Å². The molecule has 2 aromatic heterocycles. The number of pyridine rings is 2. The van der Waals surface area contributed by atoms with Crippen molar-refractivity contribution in [1.82, 2.24) is 9.97 Å². The van der Waals surface area contributed by atoms with Crippen molar-refractivity contribution in [3.63, 3.8) is 0 Å². The van der Waals surface area contributed by atoms with E-state index in [4.69, 9.17) is 11.6 Å². The van der Waals surface area contributed by atoms with Crippen LogP contribution in [0.2, 0.25) is 5.02 Å². The van der Waals surface area contributed by atoms with Gasteiger partial charge in [0.25, 0.3) is 5.91 Å². The molecule has 4 nitrogen and oxygen atoms in total. The molecule has 0 aliphatic rings. The summed E-state index contributed by atoms with van der Waals surface area (Å²) in [6.07, 6.45) is 4.72. The first-order valence-corrected chi connectivity index (χ1v) is 6.80. The van der Waals surface area contributed by atoms with Crippen LogP contribution in [0.4, 0.5) is 5.69 Å². The number of carbonyl (C=O) groups is 1. The Morgan fingerprint density at radius 1 is 1.19 bits per heavy atom. The van der Waals surface area contributed by atoms with Crippen LogP contribution in [-0.2, 0) is 0 Å². The van der Waals surface area contributed by atoms with E-state index in [1.807, 2.05) is 31.2 Å². The summed E-state index contributed by atoms with van der Waals surface area (Å²) < 4.78 is 0. The van der Waals surface area contributed by atoms with Gasteiger partial charge in [-0.05, 0) is 36.8 Å². The van der Waals surface area contributed by atoms with Gasteiger partial charge in [0.15, 0.2) is 0 Å². The summed E-state index contributed by atoms with van der Waals surface area (Å²) in [6, 6.07) is 9.16. The normalized spacial score (nSPS) is 10.6. The molecular formula is C16H12ClN3O. The number of aryl methyl sites for hydroxylation is 1. The van der Waals surface area contributed by atoms with Crippen LogP contribution in [0.1, 0.15) is 15.9 Å². The molecule has 0 spiro atoms. The summed E-state index contributed by atoms with van der Waals surface area (Å²) in [5.41, 5.74) is 3.03. The molecule has 1 N–H and O–H groups in total. The molecule has 0 bridgehead atoms. The number of nitrogens with zero attached hydrogens (tertiary/aromatic N) is 2. The van der Waals surface area contributed by atoms with Crippen molar-refractivity contribution in [3.05, 3.63) is 65.1 Å². The highest BCUT2D eigenvalue weighted by Gasteiger charge is 2.12. The smallest absolute Gasteiger partial charge is 0.257 e. The molecule has 0 saturated heterocycles. The molecule has 3 aromatic rings. The van der Waals surface area contributed by atoms with E-state index in [2.05, 4.69) is 15.3 Å². The molecule has 0 saturated carbocycles. The van der Waals surface area contributed by atoms with Gasteiger partial charge in [-0.1, -0.05) is 17.7 Å². The van der Waals surface area contributed by atoms with Crippen LogP contribution in [0, 0.1) is 6.92 Å². The quantitative estimate of drug-likeness (QED) is 0.782. The van der Waals surface area contributed by atoms with Gasteiger partial charge in [-0.2, -0.15) is 0 Å². The van der Waals surface area contributed by atoms with E-state index < -0.39 is 0 Å². The van der Waals surface area contributed by atoms with E-state index in [0.29, 0.717) is 16.3 Å². The molecule has 21 heavy (non-hydrogen) atoms. The molecule has 2 heterocycles. The number of nitrogens with one attached hydrogen (secondary N) is 1. The van der Waals surface area contributed by atoms with Crippen molar-refractivity contribution >= 4 is 34.1 Å². The van der Waals surface area contributed by atoms with Crippen molar-refractivity contribution in [3.8, 4) is 0 Å². The largest absolute Gasteiger partial charge is 0.321 e. The Morgan fingerprint density at radius 3 is 2.86 bits per heavy atom. The van der Waals surface area contributed by atoms with Crippen LogP contribution >= 0.6 is 11.6 Å². The molecule has 1 aromatic carbocycles. The third-order valence-electron chi connectivity index (χ3n) is 3.24. The van der Waals surface area contributed by atoms with E-state index >= 15 is 0 Å². The Hall–Kier alpha value is -2.46. The fraction of sp³-hybridized carbons (Fsp3) is 0.0625. The Kier molecular flexibility index (Phi) is 3.54. The lowest BCUT2D eigenvalue weighted by Crippen LogP contribution is -2.13. The zero-order valence-electron chi connectivity index (χ0n) is 11.3. The van der Waals surface area contributed by atoms with Crippen molar-refractivity contribution in [2.75, 3.05) is 5.32 Å². The highest BCUT2D eigenvalue weighted by atomic mass is 35.5. The minimum absolute atomic E-state index is 0.267. The van der Waals surface area contributed by atoms with Gasteiger partial charge in [0.05, 0.1) is 21.8 Å². The summed E-state index contributed by atoms with van der Waals surface area (Å²) in [5.74, 6) is -0.267. The number of carbonyl (C=O) groups excluding carboxylic acids is 1. The van der Waals surface area contributed by atoms with Gasteiger partial charge in [0.2, 0.25) is 0 Å². The zero-order valence-corrected chi connectivity index (χ0v) is 12.1. The molecular weight excluding hydrogens is 286 g/mol. The molecule has 1 amide bonds. The van der Waals surface area contributed by atoms with Gasteiger partial charge in [0.1, 0.15) is 0 Å². The lowest BCUT2D eigenvalue weighted by atomic mass is 10.1. The number of hydrogen-bond donors (Lipinski definition) is 1. The Bertz CT molecular complexity index is 833. The predicted molar refractivity (Wildman–Crippen MR) is 83.7 cm³/mol. The molecule has 0 radical (unpaired) electrons. The van der Waals surface area contributed by atoms with Crippen molar-refractivity contribution in [1.29, 1.82) is 0 Å². The van der Waals surface area contributed by atoms with Crippen molar-refractivity contribution < 1.29 is 4.79 Å². The number of benzene rings is 1. The maximum absolute atomic E-state index is 12.3. The van der Waals surface area contributed by atoms with Crippen LogP contribution in [0.3, 0.4) is 0 Å². The first-order valence-electron chi connectivity index (χ1n) is 6.42. The van der Waals surface area contributed by atoms with Gasteiger partial charge >= 0.3 is 0 Å². The second-order valence-electron chi connectivity index (χ2n) is 4.64. The predicted octanol–water partition coefficient (Wildman–Crippen LogP) is 3.84. The maximum atomic E-state index is 12.3. The van der Waals surface area contributed by atoms with Gasteiger partial charge in [-0.25, -0.2) is 0 Å². The average Bonchev–Trinajstić information content (AvgIpc) is 2.51. The number of aromatic nitrogens is 2. The lowest BCUT2D eigenvalue weighted by molar-refractivity contribution is 0.102. The van der Waals surface area contributed by atoms with Crippen LogP contribution in [0.5, 0.6) is 0 Å². The first kappa shape index (κ1) is 13.5. The third-order valence-corrected chi connectivity index (χ3v) is 3.54. The van der Waals surface area contributed by atoms with Crippen molar-refractivity contribution in [2.24, 2.45) is 0 Å². The Labute approximate surface area is 126 Å². The number of rotatable bonds is 2. The second-order valence-corrected chi connectivity index (χ2v) is 5.05. The van der Waals surface area contributed by atoms with Crippen LogP contribution in [0.15, 0.2) is 48.9 Å². The standard InChI is InChI=1S/C16H12ClN3O/c1-10-4-5-14(12-3-2-7-19-15(10)12)20-16(21)11-6-8-18-9-13(11)17/h2-9H,1H3,(H,20,21). The van der Waals surface area contributed by atoms with E-state index in [-0.39, 0.29) is 5.91 Å². The summed E-state index contributed by atoms with van der Waals surface area (Å²) in [6.45, 7) is 1.99. The minimum Gasteiger partial charge on any atom is -0.321 e. The molecule has 0 atom stereocenters. The molecule has 0 aliphatic carbocycles. The number of amides is 1. The van der Waals surface area contributed by atoms with E-state index in [1.54, 1.807) is 12.3 Å². The van der Waals surface area contributed by atoms with Crippen LogP contribution < -0.4 is 5.32 Å². The second kappa shape index (κ2) is 5.50. The average molecular weight is 298 g/mol. The summed E-state index contributed by atoms with van der Waals surface area (Å²) in [4.78, 5) is 20.5. The van der Waals surface area contributed by atoms with Gasteiger partial charge in [-0.3, -0.25) is 14.8 Å². The summed E-state index contributed by atoms with van der Waals surface area (Å²) in [7, 11) is 0. The van der Waals surface area contributed by atoms with Crippen molar-refractivity contribution in [2.45, 2.75) is 6.92 Å². The molecule has 104 valence electrons. The number of anilines is 1. The summed E-state index contributed by atoms with van der Waals surface area (Å²) in [5, 5.41) is 4.10. The highest BCUT2D eigenvalue weighted by Crippen LogP contribution is 2.25. The maximum Gasteiger partial charge on any atom is 0.257 e. The number of halogens is 1. The molecule has 0 fully saturated rings. The first-order chi connectivity index (χ1) is 10.2. The number of hydrogen-bond acceptors (Lipinski definition) is 3. The SMILES string of the molecule is Cc1ccc(NC(=O)c2ccncc2Cl)c2cccnc12. The van der Waals surface area contributed by atoms with E-state index in [0.717, 1.165) is 16.5 Å². The summed E-state index contributed by atoms with van der Waals surface area (Å²) >= 11 is 5.99.